The summed E-state index contributed by atoms with van der Waals surface area (Å²) in [6.45, 7) is 1.70. The highest BCUT2D eigenvalue weighted by atomic mass is 16.5. The van der Waals surface area contributed by atoms with E-state index < -0.39 is 17.9 Å². The molecule has 1 rings (SSSR count). The summed E-state index contributed by atoms with van der Waals surface area (Å²) in [7, 11) is 1.50. The number of amides is 1. The number of hydrogen-bond acceptors (Lipinski definition) is 3. The van der Waals surface area contributed by atoms with Crippen molar-refractivity contribution in [1.29, 1.82) is 0 Å². The van der Waals surface area contributed by atoms with Gasteiger partial charge in [-0.3, -0.25) is 4.79 Å². The second-order valence-electron chi connectivity index (χ2n) is 3.50. The molecule has 0 heterocycles. The van der Waals surface area contributed by atoms with Gasteiger partial charge < -0.3 is 15.2 Å². The molecule has 0 bridgehead atoms. The van der Waals surface area contributed by atoms with E-state index in [0.717, 1.165) is 0 Å². The van der Waals surface area contributed by atoms with Gasteiger partial charge in [-0.05, 0) is 24.6 Å². The predicted molar refractivity (Wildman–Crippen MR) is 62.2 cm³/mol. The summed E-state index contributed by atoms with van der Waals surface area (Å²) >= 11 is 0. The number of carbonyl (C=O) groups is 2. The highest BCUT2D eigenvalue weighted by Gasteiger charge is 2.18. The lowest BCUT2D eigenvalue weighted by Crippen LogP contribution is -2.40. The number of carboxylic acid groups (broad SMARTS) is 1. The Kier molecular flexibility index (Phi) is 4.51. The van der Waals surface area contributed by atoms with E-state index in [4.69, 9.17) is 9.84 Å². The average molecular weight is 237 g/mol. The van der Waals surface area contributed by atoms with Crippen molar-refractivity contribution in [2.75, 3.05) is 7.11 Å². The number of aliphatic carboxylic acids is 1. The normalized spacial score (nSPS) is 11.6. The molecule has 1 aromatic carbocycles. The average Bonchev–Trinajstić information content (AvgIpc) is 2.35. The minimum atomic E-state index is -1.04. The van der Waals surface area contributed by atoms with Crippen LogP contribution in [0.3, 0.4) is 0 Å². The van der Waals surface area contributed by atoms with E-state index in [1.54, 1.807) is 31.2 Å². The molecule has 0 aromatic heterocycles. The minimum absolute atomic E-state index is 0.338. The number of nitrogens with one attached hydrogen (secondary N) is 1. The Morgan fingerprint density at radius 1 is 1.47 bits per heavy atom. The molecule has 1 atom stereocenters. The van der Waals surface area contributed by atoms with E-state index in [9.17, 15) is 9.59 Å². The Labute approximate surface area is 99.4 Å². The number of ether oxygens (including phenoxy) is 1. The zero-order valence-corrected chi connectivity index (χ0v) is 9.77. The van der Waals surface area contributed by atoms with E-state index in [1.165, 1.54) is 7.11 Å². The van der Waals surface area contributed by atoms with Crippen molar-refractivity contribution in [1.82, 2.24) is 5.32 Å². The lowest BCUT2D eigenvalue weighted by atomic mass is 10.1. The Bertz CT molecular complexity index is 417. The highest BCUT2D eigenvalue weighted by molar-refractivity contribution is 5.96. The van der Waals surface area contributed by atoms with Crippen LogP contribution in [-0.4, -0.2) is 30.1 Å². The van der Waals surface area contributed by atoms with Gasteiger partial charge in [0.25, 0.3) is 5.91 Å². The Morgan fingerprint density at radius 2 is 2.18 bits per heavy atom. The van der Waals surface area contributed by atoms with Crippen molar-refractivity contribution in [2.24, 2.45) is 0 Å². The largest absolute Gasteiger partial charge is 0.497 e. The van der Waals surface area contributed by atoms with E-state index >= 15 is 0 Å². The zero-order chi connectivity index (χ0) is 12.8. The van der Waals surface area contributed by atoms with Gasteiger partial charge in [-0.1, -0.05) is 13.0 Å². The van der Waals surface area contributed by atoms with Gasteiger partial charge in [0.05, 0.1) is 7.11 Å². The molecule has 0 aliphatic heterocycles. The zero-order valence-electron chi connectivity index (χ0n) is 9.77. The maximum Gasteiger partial charge on any atom is 0.326 e. The summed E-state index contributed by atoms with van der Waals surface area (Å²) in [5.74, 6) is -0.900. The van der Waals surface area contributed by atoms with Gasteiger partial charge in [0, 0.05) is 5.56 Å². The Balaban J connectivity index is 2.78. The lowest BCUT2D eigenvalue weighted by molar-refractivity contribution is -0.139. The molecule has 1 aromatic rings. The number of hydrogen-bond donors (Lipinski definition) is 2. The molecule has 0 spiro atoms. The first kappa shape index (κ1) is 13.0. The van der Waals surface area contributed by atoms with Crippen molar-refractivity contribution in [2.45, 2.75) is 19.4 Å². The second-order valence-corrected chi connectivity index (χ2v) is 3.50. The fourth-order valence-corrected chi connectivity index (χ4v) is 1.34. The van der Waals surface area contributed by atoms with Gasteiger partial charge in [0.2, 0.25) is 0 Å². The Hall–Kier alpha value is -2.04. The third-order valence-corrected chi connectivity index (χ3v) is 2.34. The number of rotatable bonds is 5. The molecule has 0 saturated heterocycles. The summed E-state index contributed by atoms with van der Waals surface area (Å²) in [5, 5.41) is 11.3. The van der Waals surface area contributed by atoms with Gasteiger partial charge in [-0.2, -0.15) is 0 Å². The smallest absolute Gasteiger partial charge is 0.326 e. The third kappa shape index (κ3) is 3.48. The van der Waals surface area contributed by atoms with Crippen LogP contribution < -0.4 is 10.1 Å². The number of benzene rings is 1. The summed E-state index contributed by atoms with van der Waals surface area (Å²) in [4.78, 5) is 22.5. The fraction of sp³-hybridized carbons (Fsp3) is 0.333. The van der Waals surface area contributed by atoms with E-state index in [-0.39, 0.29) is 0 Å². The molecule has 1 amide bonds. The Morgan fingerprint density at radius 3 is 2.71 bits per heavy atom. The van der Waals surface area contributed by atoms with Crippen molar-refractivity contribution in [3.05, 3.63) is 29.8 Å². The number of methoxy groups -OCH3 is 1. The van der Waals surface area contributed by atoms with Gasteiger partial charge >= 0.3 is 5.97 Å². The van der Waals surface area contributed by atoms with Crippen LogP contribution in [-0.2, 0) is 4.79 Å². The molecule has 17 heavy (non-hydrogen) atoms. The minimum Gasteiger partial charge on any atom is -0.497 e. The van der Waals surface area contributed by atoms with E-state index in [2.05, 4.69) is 5.32 Å². The molecule has 0 saturated carbocycles. The van der Waals surface area contributed by atoms with Crippen LogP contribution in [0.1, 0.15) is 23.7 Å². The maximum atomic E-state index is 11.8. The second kappa shape index (κ2) is 5.89. The molecule has 0 unspecified atom stereocenters. The molecule has 5 nitrogen and oxygen atoms in total. The van der Waals surface area contributed by atoms with Crippen molar-refractivity contribution in [3.63, 3.8) is 0 Å². The molecule has 92 valence electrons. The lowest BCUT2D eigenvalue weighted by Gasteiger charge is -2.12. The highest BCUT2D eigenvalue weighted by Crippen LogP contribution is 2.12. The van der Waals surface area contributed by atoms with Crippen molar-refractivity contribution >= 4 is 11.9 Å². The molecule has 0 aliphatic carbocycles. The summed E-state index contributed by atoms with van der Waals surface area (Å²) in [6, 6.07) is 5.69. The first-order chi connectivity index (χ1) is 8.08. The SMILES string of the molecule is CC[C@@H](NC(=O)c1cccc(OC)c1)C(=O)O. The maximum absolute atomic E-state index is 11.8. The van der Waals surface area contributed by atoms with Crippen LogP contribution in [0.5, 0.6) is 5.75 Å². The molecule has 0 fully saturated rings. The predicted octanol–water partition coefficient (Wildman–Crippen LogP) is 1.29. The first-order valence-corrected chi connectivity index (χ1v) is 5.26. The first-order valence-electron chi connectivity index (χ1n) is 5.26. The van der Waals surface area contributed by atoms with Crippen LogP contribution >= 0.6 is 0 Å². The van der Waals surface area contributed by atoms with Gasteiger partial charge in [-0.15, -0.1) is 0 Å². The van der Waals surface area contributed by atoms with E-state index in [0.29, 0.717) is 17.7 Å². The molecule has 5 heteroatoms. The number of carboxylic acids is 1. The molecule has 0 aliphatic rings. The van der Waals surface area contributed by atoms with Crippen LogP contribution in [0.25, 0.3) is 0 Å². The molecule has 2 N–H and O–H groups in total. The molecular formula is C12H15NO4. The third-order valence-electron chi connectivity index (χ3n) is 2.34. The van der Waals surface area contributed by atoms with Crippen LogP contribution in [0, 0.1) is 0 Å². The van der Waals surface area contributed by atoms with Crippen molar-refractivity contribution < 1.29 is 19.4 Å². The standard InChI is InChI=1S/C12H15NO4/c1-3-10(12(15)16)13-11(14)8-5-4-6-9(7-8)17-2/h4-7,10H,3H2,1-2H3,(H,13,14)(H,15,16)/t10-/m1/s1. The van der Waals surface area contributed by atoms with Crippen LogP contribution in [0.15, 0.2) is 24.3 Å². The molecule has 0 radical (unpaired) electrons. The monoisotopic (exact) mass is 237 g/mol. The topological polar surface area (TPSA) is 75.6 Å². The van der Waals surface area contributed by atoms with Crippen LogP contribution in [0.4, 0.5) is 0 Å². The summed E-state index contributed by atoms with van der Waals surface area (Å²) in [6.07, 6.45) is 0.338. The van der Waals surface area contributed by atoms with Gasteiger partial charge in [0.15, 0.2) is 0 Å². The quantitative estimate of drug-likeness (QED) is 0.809. The number of carbonyl (C=O) groups excluding carboxylic acids is 1. The van der Waals surface area contributed by atoms with Gasteiger partial charge in [-0.25, -0.2) is 4.79 Å². The van der Waals surface area contributed by atoms with Gasteiger partial charge in [0.1, 0.15) is 11.8 Å². The molecular weight excluding hydrogens is 222 g/mol. The summed E-state index contributed by atoms with van der Waals surface area (Å²) < 4.78 is 4.99. The van der Waals surface area contributed by atoms with E-state index in [1.807, 2.05) is 0 Å². The fourth-order valence-electron chi connectivity index (χ4n) is 1.34. The van der Waals surface area contributed by atoms with Crippen LogP contribution in [0.2, 0.25) is 0 Å². The summed E-state index contributed by atoms with van der Waals surface area (Å²) in [5.41, 5.74) is 0.379. The van der Waals surface area contributed by atoms with Crippen molar-refractivity contribution in [3.8, 4) is 5.75 Å².